The van der Waals surface area contributed by atoms with Gasteiger partial charge in [0.2, 0.25) is 0 Å². The summed E-state index contributed by atoms with van der Waals surface area (Å²) in [6.07, 6.45) is 7.02. The maximum atomic E-state index is 10.9. The summed E-state index contributed by atoms with van der Waals surface area (Å²) in [6, 6.07) is 0. The van der Waals surface area contributed by atoms with E-state index in [4.69, 9.17) is 4.74 Å². The lowest BCUT2D eigenvalue weighted by Gasteiger charge is -2.23. The van der Waals surface area contributed by atoms with E-state index in [1.165, 1.54) is 25.7 Å². The van der Waals surface area contributed by atoms with Crippen LogP contribution in [0.25, 0.3) is 0 Å². The lowest BCUT2D eigenvalue weighted by molar-refractivity contribution is 0.170. The zero-order valence-corrected chi connectivity index (χ0v) is 7.27. The van der Waals surface area contributed by atoms with Gasteiger partial charge >= 0.3 is 6.09 Å². The number of cyclic esters (lactones) is 1. The topological polar surface area (TPSA) is 38.3 Å². The van der Waals surface area contributed by atoms with Crippen molar-refractivity contribution in [2.45, 2.75) is 44.1 Å². The number of rotatable bonds is 0. The van der Waals surface area contributed by atoms with Crippen molar-refractivity contribution in [3.63, 3.8) is 0 Å². The molecule has 0 aromatic carbocycles. The lowest BCUT2D eigenvalue weighted by atomic mass is 9.92. The van der Waals surface area contributed by atoms with Crippen LogP contribution in [-0.2, 0) is 4.74 Å². The molecule has 1 saturated heterocycles. The monoisotopic (exact) mass is 169 g/mol. The molecule has 1 N–H and O–H groups in total. The summed E-state index contributed by atoms with van der Waals surface area (Å²) in [5.74, 6) is 0. The van der Waals surface area contributed by atoms with Crippen molar-refractivity contribution < 1.29 is 9.53 Å². The van der Waals surface area contributed by atoms with Crippen LogP contribution in [-0.4, -0.2) is 18.2 Å². The highest BCUT2D eigenvalue weighted by molar-refractivity contribution is 5.70. The van der Waals surface area contributed by atoms with E-state index in [1.807, 2.05) is 0 Å². The third-order valence-electron chi connectivity index (χ3n) is 2.91. The zero-order chi connectivity index (χ0) is 8.44. The molecule has 3 nitrogen and oxygen atoms in total. The van der Waals surface area contributed by atoms with E-state index in [0.29, 0.717) is 6.61 Å². The predicted molar refractivity (Wildman–Crippen MR) is 44.9 cm³/mol. The molecule has 1 amide bonds. The first-order valence-corrected chi connectivity index (χ1v) is 4.76. The van der Waals surface area contributed by atoms with E-state index < -0.39 is 0 Å². The van der Waals surface area contributed by atoms with Crippen molar-refractivity contribution in [1.82, 2.24) is 5.32 Å². The number of amides is 1. The van der Waals surface area contributed by atoms with Crippen LogP contribution in [0.2, 0.25) is 0 Å². The van der Waals surface area contributed by atoms with Crippen LogP contribution in [0.1, 0.15) is 38.5 Å². The molecule has 68 valence electrons. The van der Waals surface area contributed by atoms with Crippen LogP contribution in [0, 0.1) is 0 Å². The second kappa shape index (κ2) is 2.96. The quantitative estimate of drug-likeness (QED) is 0.600. The third-order valence-corrected chi connectivity index (χ3v) is 2.91. The van der Waals surface area contributed by atoms with Crippen LogP contribution < -0.4 is 5.32 Å². The summed E-state index contributed by atoms with van der Waals surface area (Å²) in [5, 5.41) is 2.95. The van der Waals surface area contributed by atoms with Gasteiger partial charge in [-0.1, -0.05) is 25.7 Å². The average molecular weight is 169 g/mol. The van der Waals surface area contributed by atoms with Gasteiger partial charge in [-0.05, 0) is 12.8 Å². The molecule has 3 heteroatoms. The molecule has 1 aliphatic heterocycles. The van der Waals surface area contributed by atoms with Gasteiger partial charge in [0.15, 0.2) is 0 Å². The van der Waals surface area contributed by atoms with Crippen molar-refractivity contribution in [1.29, 1.82) is 0 Å². The SMILES string of the molecule is O=C1NC2(CCCCCC2)CO1. The maximum Gasteiger partial charge on any atom is 0.407 e. The summed E-state index contributed by atoms with van der Waals surface area (Å²) in [6.45, 7) is 0.589. The van der Waals surface area contributed by atoms with Crippen LogP contribution >= 0.6 is 0 Å². The van der Waals surface area contributed by atoms with Gasteiger partial charge in [0.05, 0.1) is 5.54 Å². The van der Waals surface area contributed by atoms with Crippen molar-refractivity contribution in [2.24, 2.45) is 0 Å². The van der Waals surface area contributed by atoms with E-state index in [-0.39, 0.29) is 11.6 Å². The maximum absolute atomic E-state index is 10.9. The second-order valence-corrected chi connectivity index (χ2v) is 3.90. The molecule has 0 bridgehead atoms. The number of nitrogens with one attached hydrogen (secondary N) is 1. The molecular weight excluding hydrogens is 154 g/mol. The molecule has 0 radical (unpaired) electrons. The van der Waals surface area contributed by atoms with E-state index in [9.17, 15) is 4.79 Å². The molecule has 1 aliphatic carbocycles. The highest BCUT2D eigenvalue weighted by Crippen LogP contribution is 2.30. The minimum absolute atomic E-state index is 0.00752. The van der Waals surface area contributed by atoms with E-state index in [2.05, 4.69) is 5.32 Å². The Kier molecular flexibility index (Phi) is 1.95. The van der Waals surface area contributed by atoms with E-state index in [0.717, 1.165) is 12.8 Å². The third kappa shape index (κ3) is 1.40. The Morgan fingerprint density at radius 2 is 1.83 bits per heavy atom. The fourth-order valence-electron chi connectivity index (χ4n) is 2.17. The van der Waals surface area contributed by atoms with Gasteiger partial charge in [-0.15, -0.1) is 0 Å². The number of carbonyl (C=O) groups is 1. The fourth-order valence-corrected chi connectivity index (χ4v) is 2.17. The van der Waals surface area contributed by atoms with Gasteiger partial charge in [0, 0.05) is 0 Å². The van der Waals surface area contributed by atoms with E-state index in [1.54, 1.807) is 0 Å². The van der Waals surface area contributed by atoms with Gasteiger partial charge in [-0.2, -0.15) is 0 Å². The molecule has 0 aromatic heterocycles. The summed E-state index contributed by atoms with van der Waals surface area (Å²) in [5.41, 5.74) is 0.00752. The second-order valence-electron chi connectivity index (χ2n) is 3.90. The molecule has 0 aromatic rings. The minimum atomic E-state index is -0.225. The Hall–Kier alpha value is -0.730. The number of alkyl carbamates (subject to hydrolysis) is 1. The van der Waals surface area contributed by atoms with Crippen molar-refractivity contribution >= 4 is 6.09 Å². The molecule has 2 aliphatic rings. The molecular formula is C9H15NO2. The first kappa shape index (κ1) is 7.90. The molecule has 1 saturated carbocycles. The fraction of sp³-hybridized carbons (Fsp3) is 0.889. The van der Waals surface area contributed by atoms with Crippen LogP contribution in [0.5, 0.6) is 0 Å². The van der Waals surface area contributed by atoms with Crippen molar-refractivity contribution in [3.8, 4) is 0 Å². The normalized spacial score (nSPS) is 27.8. The van der Waals surface area contributed by atoms with Crippen molar-refractivity contribution in [2.75, 3.05) is 6.61 Å². The lowest BCUT2D eigenvalue weighted by Crippen LogP contribution is -2.42. The number of carbonyl (C=O) groups excluding carboxylic acids is 1. The summed E-state index contributed by atoms with van der Waals surface area (Å²) < 4.78 is 4.95. The first-order valence-electron chi connectivity index (χ1n) is 4.76. The smallest absolute Gasteiger partial charge is 0.407 e. The molecule has 1 spiro atoms. The van der Waals surface area contributed by atoms with Gasteiger partial charge < -0.3 is 10.1 Å². The van der Waals surface area contributed by atoms with Crippen molar-refractivity contribution in [3.05, 3.63) is 0 Å². The molecule has 0 atom stereocenters. The van der Waals surface area contributed by atoms with Crippen LogP contribution in [0.3, 0.4) is 0 Å². The van der Waals surface area contributed by atoms with Gasteiger partial charge in [-0.3, -0.25) is 0 Å². The Morgan fingerprint density at radius 3 is 2.33 bits per heavy atom. The summed E-state index contributed by atoms with van der Waals surface area (Å²) >= 11 is 0. The molecule has 1 heterocycles. The number of hydrogen-bond donors (Lipinski definition) is 1. The molecule has 0 unspecified atom stereocenters. The number of ether oxygens (including phenoxy) is 1. The van der Waals surface area contributed by atoms with Gasteiger partial charge in [0.1, 0.15) is 6.61 Å². The Bertz CT molecular complexity index is 183. The van der Waals surface area contributed by atoms with Gasteiger partial charge in [0.25, 0.3) is 0 Å². The molecule has 2 fully saturated rings. The largest absolute Gasteiger partial charge is 0.447 e. The molecule has 2 rings (SSSR count). The standard InChI is InChI=1S/C9H15NO2/c11-8-10-9(7-12-8)5-3-1-2-4-6-9/h1-7H2,(H,10,11). The number of hydrogen-bond acceptors (Lipinski definition) is 2. The Labute approximate surface area is 72.5 Å². The minimum Gasteiger partial charge on any atom is -0.447 e. The first-order chi connectivity index (χ1) is 5.81. The predicted octanol–water partition coefficient (Wildman–Crippen LogP) is 1.82. The van der Waals surface area contributed by atoms with Crippen LogP contribution in [0.15, 0.2) is 0 Å². The Balaban J connectivity index is 2.03. The highest BCUT2D eigenvalue weighted by atomic mass is 16.6. The zero-order valence-electron chi connectivity index (χ0n) is 7.27. The average Bonchev–Trinajstić information content (AvgIpc) is 2.30. The summed E-state index contributed by atoms with van der Waals surface area (Å²) in [7, 11) is 0. The highest BCUT2D eigenvalue weighted by Gasteiger charge is 2.39. The Morgan fingerprint density at radius 1 is 1.17 bits per heavy atom. The van der Waals surface area contributed by atoms with E-state index >= 15 is 0 Å². The van der Waals surface area contributed by atoms with Gasteiger partial charge in [-0.25, -0.2) is 4.79 Å². The summed E-state index contributed by atoms with van der Waals surface area (Å²) in [4.78, 5) is 10.9. The van der Waals surface area contributed by atoms with Crippen LogP contribution in [0.4, 0.5) is 4.79 Å². The molecule has 12 heavy (non-hydrogen) atoms.